The van der Waals surface area contributed by atoms with Gasteiger partial charge in [0.15, 0.2) is 0 Å². The summed E-state index contributed by atoms with van der Waals surface area (Å²) in [5, 5.41) is 19.9. The zero-order chi connectivity index (χ0) is 14.6. The van der Waals surface area contributed by atoms with E-state index in [0.717, 1.165) is 19.3 Å². The van der Waals surface area contributed by atoms with Crippen molar-refractivity contribution in [1.29, 1.82) is 5.26 Å². The van der Waals surface area contributed by atoms with E-state index in [-0.39, 0.29) is 5.91 Å². The number of rotatable bonds is 3. The van der Waals surface area contributed by atoms with Crippen molar-refractivity contribution in [3.8, 4) is 6.07 Å². The first-order valence-electron chi connectivity index (χ1n) is 7.48. The number of ether oxygens (including phenoxy) is 1. The van der Waals surface area contributed by atoms with E-state index in [1.54, 1.807) is 11.9 Å². The van der Waals surface area contributed by atoms with Gasteiger partial charge >= 0.3 is 0 Å². The highest BCUT2D eigenvalue weighted by Gasteiger charge is 2.43. The summed E-state index contributed by atoms with van der Waals surface area (Å²) in [5.74, 6) is -0.125. The first kappa shape index (κ1) is 15.3. The molecule has 1 aliphatic carbocycles. The fourth-order valence-electron chi connectivity index (χ4n) is 3.32. The van der Waals surface area contributed by atoms with Gasteiger partial charge in [0.05, 0.1) is 11.7 Å². The van der Waals surface area contributed by atoms with Crippen LogP contribution in [0.5, 0.6) is 0 Å². The number of aliphatic hydroxyl groups is 1. The Morgan fingerprint density at radius 3 is 2.40 bits per heavy atom. The summed E-state index contributed by atoms with van der Waals surface area (Å²) in [5.41, 5.74) is -1.73. The first-order chi connectivity index (χ1) is 9.51. The van der Waals surface area contributed by atoms with E-state index in [9.17, 15) is 15.2 Å². The van der Waals surface area contributed by atoms with Gasteiger partial charge in [-0.15, -0.1) is 0 Å². The van der Waals surface area contributed by atoms with Crippen molar-refractivity contribution in [2.45, 2.75) is 50.5 Å². The first-order valence-corrected chi connectivity index (χ1v) is 7.48. The zero-order valence-corrected chi connectivity index (χ0v) is 12.2. The molecule has 2 rings (SSSR count). The molecule has 1 saturated heterocycles. The van der Waals surface area contributed by atoms with E-state index in [1.165, 1.54) is 0 Å². The molecular weight excluding hydrogens is 256 g/mol. The molecule has 0 spiro atoms. The molecule has 1 amide bonds. The normalized spacial score (nSPS) is 24.6. The second kappa shape index (κ2) is 6.11. The summed E-state index contributed by atoms with van der Waals surface area (Å²) in [6, 6.07) is 2.25. The van der Waals surface area contributed by atoms with E-state index >= 15 is 0 Å². The average molecular weight is 280 g/mol. The van der Waals surface area contributed by atoms with Crippen molar-refractivity contribution in [3.05, 3.63) is 0 Å². The summed E-state index contributed by atoms with van der Waals surface area (Å²) in [6.07, 6.45) is 5.36. The lowest BCUT2D eigenvalue weighted by Crippen LogP contribution is -2.51. The minimum atomic E-state index is -0.867. The quantitative estimate of drug-likeness (QED) is 0.849. The van der Waals surface area contributed by atoms with Crippen molar-refractivity contribution in [1.82, 2.24) is 4.90 Å². The highest BCUT2D eigenvalue weighted by atomic mass is 16.5. The monoisotopic (exact) mass is 280 g/mol. The molecule has 0 aromatic carbocycles. The molecule has 5 heteroatoms. The Balaban J connectivity index is 2.02. The van der Waals surface area contributed by atoms with Crippen molar-refractivity contribution >= 4 is 5.91 Å². The van der Waals surface area contributed by atoms with Crippen LogP contribution in [0, 0.1) is 16.7 Å². The maximum Gasteiger partial charge on any atom is 0.242 e. The highest BCUT2D eigenvalue weighted by molar-refractivity contribution is 5.85. The molecule has 2 fully saturated rings. The van der Waals surface area contributed by atoms with Crippen LogP contribution in [0.15, 0.2) is 0 Å². The largest absolute Gasteiger partial charge is 0.388 e. The fourth-order valence-corrected chi connectivity index (χ4v) is 3.32. The predicted octanol–water partition coefficient (Wildman–Crippen LogP) is 1.46. The molecule has 112 valence electrons. The summed E-state index contributed by atoms with van der Waals surface area (Å²) in [6.45, 7) is 1.35. The second-order valence-corrected chi connectivity index (χ2v) is 6.25. The second-order valence-electron chi connectivity index (χ2n) is 6.25. The summed E-state index contributed by atoms with van der Waals surface area (Å²) >= 11 is 0. The minimum Gasteiger partial charge on any atom is -0.388 e. The maximum atomic E-state index is 12.6. The average Bonchev–Trinajstić information content (AvgIpc) is 2.47. The Hall–Kier alpha value is -1.12. The van der Waals surface area contributed by atoms with Gasteiger partial charge in [0, 0.05) is 39.6 Å². The number of hydrogen-bond acceptors (Lipinski definition) is 4. The molecule has 2 aliphatic rings. The molecule has 20 heavy (non-hydrogen) atoms. The zero-order valence-electron chi connectivity index (χ0n) is 12.2. The Kier molecular flexibility index (Phi) is 4.66. The number of likely N-dealkylation sites (N-methyl/N-ethyl adjacent to an activating group) is 1. The van der Waals surface area contributed by atoms with Gasteiger partial charge in [-0.05, 0) is 12.8 Å². The summed E-state index contributed by atoms with van der Waals surface area (Å²) in [7, 11) is 1.70. The van der Waals surface area contributed by atoms with Crippen LogP contribution in [0.2, 0.25) is 0 Å². The molecule has 1 heterocycles. The summed E-state index contributed by atoms with van der Waals surface area (Å²) < 4.78 is 5.25. The number of amides is 1. The fraction of sp³-hybridized carbons (Fsp3) is 0.867. The van der Waals surface area contributed by atoms with E-state index in [2.05, 4.69) is 6.07 Å². The molecule has 0 atom stereocenters. The minimum absolute atomic E-state index is 0.125. The Morgan fingerprint density at radius 2 is 1.85 bits per heavy atom. The molecule has 5 nitrogen and oxygen atoms in total. The standard InChI is InChI=1S/C15H24N2O3/c1-17(12-15(19)7-9-20-10-8-15)13(18)14(11-16)5-3-2-4-6-14/h19H,2-10,12H2,1H3. The SMILES string of the molecule is CN(CC1(O)CCOCC1)C(=O)C1(C#N)CCCCC1. The maximum absolute atomic E-state index is 12.6. The third-order valence-electron chi connectivity index (χ3n) is 4.63. The summed E-state index contributed by atoms with van der Waals surface area (Å²) in [4.78, 5) is 14.2. The number of hydrogen-bond donors (Lipinski definition) is 1. The van der Waals surface area contributed by atoms with Gasteiger partial charge < -0.3 is 14.7 Å². The van der Waals surface area contributed by atoms with Gasteiger partial charge in [-0.25, -0.2) is 0 Å². The highest BCUT2D eigenvalue weighted by Crippen LogP contribution is 2.37. The lowest BCUT2D eigenvalue weighted by Gasteiger charge is -2.39. The van der Waals surface area contributed by atoms with Crippen LogP contribution in [0.1, 0.15) is 44.9 Å². The smallest absolute Gasteiger partial charge is 0.242 e. The molecule has 0 aromatic rings. The van der Waals surface area contributed by atoms with Crippen LogP contribution in [-0.2, 0) is 9.53 Å². The van der Waals surface area contributed by atoms with Crippen LogP contribution in [-0.4, -0.2) is 48.3 Å². The molecule has 1 saturated carbocycles. The Morgan fingerprint density at radius 1 is 1.25 bits per heavy atom. The molecule has 0 bridgehead atoms. The van der Waals surface area contributed by atoms with Crippen molar-refractivity contribution in [2.75, 3.05) is 26.8 Å². The number of carbonyl (C=O) groups is 1. The van der Waals surface area contributed by atoms with Gasteiger partial charge in [-0.2, -0.15) is 5.26 Å². The molecular formula is C15H24N2O3. The van der Waals surface area contributed by atoms with Crippen LogP contribution < -0.4 is 0 Å². The van der Waals surface area contributed by atoms with Crippen LogP contribution in [0.4, 0.5) is 0 Å². The van der Waals surface area contributed by atoms with E-state index < -0.39 is 11.0 Å². The number of nitriles is 1. The third kappa shape index (κ3) is 3.13. The topological polar surface area (TPSA) is 73.6 Å². The Labute approximate surface area is 120 Å². The molecule has 1 N–H and O–H groups in total. The number of nitrogens with zero attached hydrogens (tertiary/aromatic N) is 2. The third-order valence-corrected chi connectivity index (χ3v) is 4.63. The van der Waals surface area contributed by atoms with Crippen molar-refractivity contribution in [2.24, 2.45) is 5.41 Å². The van der Waals surface area contributed by atoms with Crippen molar-refractivity contribution < 1.29 is 14.6 Å². The molecule has 0 radical (unpaired) electrons. The lowest BCUT2D eigenvalue weighted by atomic mass is 9.74. The van der Waals surface area contributed by atoms with Crippen LogP contribution >= 0.6 is 0 Å². The molecule has 0 unspecified atom stereocenters. The van der Waals surface area contributed by atoms with Gasteiger partial charge in [0.25, 0.3) is 0 Å². The number of carbonyl (C=O) groups excluding carboxylic acids is 1. The van der Waals surface area contributed by atoms with Gasteiger partial charge in [0.2, 0.25) is 5.91 Å². The van der Waals surface area contributed by atoms with E-state index in [1.807, 2.05) is 0 Å². The van der Waals surface area contributed by atoms with Gasteiger partial charge in [0.1, 0.15) is 5.41 Å². The van der Waals surface area contributed by atoms with E-state index in [0.29, 0.717) is 45.4 Å². The van der Waals surface area contributed by atoms with Crippen LogP contribution in [0.3, 0.4) is 0 Å². The molecule has 1 aliphatic heterocycles. The van der Waals surface area contributed by atoms with Gasteiger partial charge in [-0.1, -0.05) is 19.3 Å². The molecule has 0 aromatic heterocycles. The van der Waals surface area contributed by atoms with E-state index in [4.69, 9.17) is 4.74 Å². The predicted molar refractivity (Wildman–Crippen MR) is 73.8 cm³/mol. The van der Waals surface area contributed by atoms with Crippen LogP contribution in [0.25, 0.3) is 0 Å². The lowest BCUT2D eigenvalue weighted by molar-refractivity contribution is -0.145. The van der Waals surface area contributed by atoms with Gasteiger partial charge in [-0.3, -0.25) is 4.79 Å². The Bertz CT molecular complexity index is 390. The van der Waals surface area contributed by atoms with Crippen molar-refractivity contribution in [3.63, 3.8) is 0 Å².